The van der Waals surface area contributed by atoms with E-state index in [1.165, 1.54) is 52.9 Å². The molecule has 0 amide bonds. The fraction of sp³-hybridized carbons (Fsp3) is 0. The van der Waals surface area contributed by atoms with Gasteiger partial charge < -0.3 is 4.57 Å². The van der Waals surface area contributed by atoms with Gasteiger partial charge in [-0.05, 0) is 53.6 Å². The molecule has 0 bridgehead atoms. The molecule has 0 aliphatic heterocycles. The standard InChI is InChI=1S/C55H34N4S/c1-3-13-35(14-4-1)40-29-32-44-48(33-40)56-53(54-52(44)45-19-9-12-22-51(45)60-54)38-25-23-36(24-26-38)46-34-47(58-55(57-46)39-15-5-2-6-16-39)37-27-30-41(31-28-37)59-49-20-10-7-17-42(49)43-18-8-11-21-50(43)59/h1-34H. The Labute approximate surface area is 350 Å². The Hall–Kier alpha value is -7.73. The molecule has 4 aromatic heterocycles. The van der Waals surface area contributed by atoms with E-state index in [9.17, 15) is 0 Å². The summed E-state index contributed by atoms with van der Waals surface area (Å²) < 4.78 is 4.80. The lowest BCUT2D eigenvalue weighted by Crippen LogP contribution is -1.97. The topological polar surface area (TPSA) is 43.6 Å². The largest absolute Gasteiger partial charge is 0.309 e. The molecular formula is C55H34N4S. The summed E-state index contributed by atoms with van der Waals surface area (Å²) in [6.07, 6.45) is 0. The van der Waals surface area contributed by atoms with E-state index in [1.807, 2.05) is 29.5 Å². The number of benzene rings is 8. The second-order valence-electron chi connectivity index (χ2n) is 15.2. The average molecular weight is 783 g/mol. The van der Waals surface area contributed by atoms with E-state index in [-0.39, 0.29) is 0 Å². The molecule has 280 valence electrons. The third-order valence-electron chi connectivity index (χ3n) is 11.6. The predicted molar refractivity (Wildman–Crippen MR) is 252 cm³/mol. The lowest BCUT2D eigenvalue weighted by atomic mass is 9.99. The molecule has 12 rings (SSSR count). The Morgan fingerprint density at radius 1 is 0.367 bits per heavy atom. The van der Waals surface area contributed by atoms with Crippen LogP contribution in [0.1, 0.15) is 0 Å². The molecule has 8 aromatic carbocycles. The van der Waals surface area contributed by atoms with Crippen molar-refractivity contribution in [3.63, 3.8) is 0 Å². The second-order valence-corrected chi connectivity index (χ2v) is 16.2. The molecule has 0 radical (unpaired) electrons. The van der Waals surface area contributed by atoms with Gasteiger partial charge in [-0.25, -0.2) is 15.0 Å². The van der Waals surface area contributed by atoms with Crippen LogP contribution in [0.5, 0.6) is 0 Å². The van der Waals surface area contributed by atoms with Crippen molar-refractivity contribution >= 4 is 64.2 Å². The van der Waals surface area contributed by atoms with E-state index >= 15 is 0 Å². The zero-order chi connectivity index (χ0) is 39.6. The van der Waals surface area contributed by atoms with Gasteiger partial charge in [0.15, 0.2) is 5.82 Å². The monoisotopic (exact) mass is 782 g/mol. The van der Waals surface area contributed by atoms with E-state index in [4.69, 9.17) is 15.0 Å². The van der Waals surface area contributed by atoms with Crippen molar-refractivity contribution in [3.8, 4) is 62.0 Å². The molecule has 4 heterocycles. The van der Waals surface area contributed by atoms with Crippen molar-refractivity contribution in [3.05, 3.63) is 206 Å². The van der Waals surface area contributed by atoms with Gasteiger partial charge in [0, 0.05) is 59.6 Å². The first-order chi connectivity index (χ1) is 29.7. The molecule has 0 aliphatic rings. The van der Waals surface area contributed by atoms with Gasteiger partial charge in [-0.15, -0.1) is 11.3 Å². The number of aromatic nitrogens is 4. The number of rotatable bonds is 6. The highest BCUT2D eigenvalue weighted by Crippen LogP contribution is 2.44. The van der Waals surface area contributed by atoms with Crippen molar-refractivity contribution in [1.82, 2.24) is 19.5 Å². The van der Waals surface area contributed by atoms with Crippen LogP contribution in [-0.2, 0) is 0 Å². The number of pyridine rings is 1. The van der Waals surface area contributed by atoms with Crippen LogP contribution in [0.15, 0.2) is 206 Å². The molecule has 5 heteroatoms. The summed E-state index contributed by atoms with van der Waals surface area (Å²) >= 11 is 1.81. The van der Waals surface area contributed by atoms with Crippen LogP contribution < -0.4 is 0 Å². The summed E-state index contributed by atoms with van der Waals surface area (Å²) in [7, 11) is 0. The van der Waals surface area contributed by atoms with E-state index < -0.39 is 0 Å². The number of nitrogens with zero attached hydrogens (tertiary/aromatic N) is 4. The lowest BCUT2D eigenvalue weighted by molar-refractivity contribution is 1.17. The maximum Gasteiger partial charge on any atom is 0.160 e. The summed E-state index contributed by atoms with van der Waals surface area (Å²) in [5.74, 6) is 0.691. The van der Waals surface area contributed by atoms with Crippen molar-refractivity contribution in [2.75, 3.05) is 0 Å². The summed E-state index contributed by atoms with van der Waals surface area (Å²) in [5.41, 5.74) is 13.6. The highest BCUT2D eigenvalue weighted by atomic mass is 32.1. The second kappa shape index (κ2) is 14.0. The van der Waals surface area contributed by atoms with Gasteiger partial charge in [-0.2, -0.15) is 0 Å². The molecule has 60 heavy (non-hydrogen) atoms. The van der Waals surface area contributed by atoms with Gasteiger partial charge in [-0.3, -0.25) is 0 Å². The van der Waals surface area contributed by atoms with Crippen molar-refractivity contribution in [1.29, 1.82) is 0 Å². The van der Waals surface area contributed by atoms with Gasteiger partial charge in [0.2, 0.25) is 0 Å². The summed E-state index contributed by atoms with van der Waals surface area (Å²) in [4.78, 5) is 15.7. The molecule has 0 fully saturated rings. The summed E-state index contributed by atoms with van der Waals surface area (Å²) in [6.45, 7) is 0. The quantitative estimate of drug-likeness (QED) is 0.169. The van der Waals surface area contributed by atoms with Crippen molar-refractivity contribution < 1.29 is 0 Å². The smallest absolute Gasteiger partial charge is 0.160 e. The van der Waals surface area contributed by atoms with Crippen LogP contribution in [0.2, 0.25) is 0 Å². The Morgan fingerprint density at radius 3 is 1.57 bits per heavy atom. The Morgan fingerprint density at radius 2 is 0.900 bits per heavy atom. The maximum absolute atomic E-state index is 5.41. The molecule has 0 unspecified atom stereocenters. The van der Waals surface area contributed by atoms with Crippen LogP contribution >= 0.6 is 11.3 Å². The van der Waals surface area contributed by atoms with Crippen LogP contribution in [0.3, 0.4) is 0 Å². The van der Waals surface area contributed by atoms with Gasteiger partial charge in [0.05, 0.1) is 38.3 Å². The van der Waals surface area contributed by atoms with Gasteiger partial charge in [-0.1, -0.05) is 164 Å². The van der Waals surface area contributed by atoms with E-state index in [0.29, 0.717) is 5.82 Å². The number of para-hydroxylation sites is 2. The molecule has 0 saturated carbocycles. The number of hydrogen-bond acceptors (Lipinski definition) is 4. The normalized spacial score (nSPS) is 11.7. The highest BCUT2D eigenvalue weighted by Gasteiger charge is 2.18. The molecule has 0 aliphatic carbocycles. The summed E-state index contributed by atoms with van der Waals surface area (Å²) in [6, 6.07) is 73.0. The average Bonchev–Trinajstić information content (AvgIpc) is 3.88. The molecule has 0 spiro atoms. The predicted octanol–water partition coefficient (Wildman–Crippen LogP) is 14.8. The molecule has 0 saturated heterocycles. The minimum Gasteiger partial charge on any atom is -0.309 e. The highest BCUT2D eigenvalue weighted by molar-refractivity contribution is 7.26. The van der Waals surface area contributed by atoms with Crippen LogP contribution in [0.25, 0.3) is 115 Å². The first kappa shape index (κ1) is 34.3. The van der Waals surface area contributed by atoms with Crippen molar-refractivity contribution in [2.24, 2.45) is 0 Å². The maximum atomic E-state index is 5.41. The van der Waals surface area contributed by atoms with Gasteiger partial charge in [0.1, 0.15) is 0 Å². The van der Waals surface area contributed by atoms with E-state index in [2.05, 4.69) is 193 Å². The first-order valence-electron chi connectivity index (χ1n) is 20.2. The van der Waals surface area contributed by atoms with Gasteiger partial charge >= 0.3 is 0 Å². The molecule has 4 nitrogen and oxygen atoms in total. The van der Waals surface area contributed by atoms with Crippen molar-refractivity contribution in [2.45, 2.75) is 0 Å². The fourth-order valence-electron chi connectivity index (χ4n) is 8.73. The zero-order valence-electron chi connectivity index (χ0n) is 32.3. The van der Waals surface area contributed by atoms with Gasteiger partial charge in [0.25, 0.3) is 0 Å². The number of hydrogen-bond donors (Lipinski definition) is 0. The molecule has 0 atom stereocenters. The van der Waals surface area contributed by atoms with Crippen LogP contribution in [0, 0.1) is 0 Å². The number of fused-ring (bicyclic) bond motifs is 8. The summed E-state index contributed by atoms with van der Waals surface area (Å²) in [5, 5.41) is 6.19. The fourth-order valence-corrected chi connectivity index (χ4v) is 9.96. The third-order valence-corrected chi connectivity index (χ3v) is 12.8. The SMILES string of the molecule is c1ccc(-c2ccc3c(c2)nc(-c2ccc(-c4cc(-c5ccc(-n6c7ccccc7c7ccccc76)cc5)nc(-c5ccccc5)n4)cc2)c2sc4ccccc4c23)cc1. The number of thiophene rings is 1. The Bertz CT molecular complexity index is 3520. The Balaban J connectivity index is 0.965. The molecule has 0 N–H and O–H groups in total. The zero-order valence-corrected chi connectivity index (χ0v) is 33.1. The Kier molecular flexibility index (Phi) is 8.00. The van der Waals surface area contributed by atoms with E-state index in [1.54, 1.807) is 0 Å². The van der Waals surface area contributed by atoms with E-state index in [0.717, 1.165) is 56.1 Å². The molecule has 12 aromatic rings. The minimum absolute atomic E-state index is 0.691. The van der Waals surface area contributed by atoms with Crippen LogP contribution in [-0.4, -0.2) is 19.5 Å². The lowest BCUT2D eigenvalue weighted by Gasteiger charge is -2.12. The first-order valence-corrected chi connectivity index (χ1v) is 21.0. The van der Waals surface area contributed by atoms with Crippen LogP contribution in [0.4, 0.5) is 0 Å². The minimum atomic E-state index is 0.691. The molecular weight excluding hydrogens is 749 g/mol. The third kappa shape index (κ3) is 5.70.